The van der Waals surface area contributed by atoms with E-state index < -0.39 is 0 Å². The maximum Gasteiger partial charge on any atom is 0.0707 e. The van der Waals surface area contributed by atoms with Gasteiger partial charge in [0.05, 0.1) is 11.1 Å². The van der Waals surface area contributed by atoms with Gasteiger partial charge in [-0.3, -0.25) is 4.99 Å². The summed E-state index contributed by atoms with van der Waals surface area (Å²) < 4.78 is 5.89. The average Bonchev–Trinajstić information content (AvgIpc) is 2.54. The predicted octanol–water partition coefficient (Wildman–Crippen LogP) is 5.31. The smallest absolute Gasteiger partial charge is 0.0707 e. The molecule has 1 fully saturated rings. The summed E-state index contributed by atoms with van der Waals surface area (Å²) >= 11 is 2.06. The Bertz CT molecular complexity index is 310. The fourth-order valence-electron chi connectivity index (χ4n) is 3.39. The fraction of sp³-hybridized carbons (Fsp3) is 0.944. The van der Waals surface area contributed by atoms with Crippen LogP contribution in [0.15, 0.2) is 4.99 Å². The van der Waals surface area contributed by atoms with Crippen molar-refractivity contribution in [2.75, 3.05) is 18.9 Å². The summed E-state index contributed by atoms with van der Waals surface area (Å²) in [5, 5.41) is 1.47. The molecule has 0 spiro atoms. The first-order valence-electron chi connectivity index (χ1n) is 9.12. The maximum absolute atomic E-state index is 5.89. The van der Waals surface area contributed by atoms with Crippen molar-refractivity contribution in [3.8, 4) is 0 Å². The van der Waals surface area contributed by atoms with Gasteiger partial charge in [-0.15, -0.1) is 11.8 Å². The fourth-order valence-corrected chi connectivity index (χ4v) is 4.70. The summed E-state index contributed by atoms with van der Waals surface area (Å²) in [6.45, 7) is 6.51. The zero-order chi connectivity index (χ0) is 14.9. The summed E-state index contributed by atoms with van der Waals surface area (Å²) in [7, 11) is 0. The van der Waals surface area contributed by atoms with Crippen LogP contribution in [0.1, 0.15) is 71.6 Å². The Labute approximate surface area is 135 Å². The van der Waals surface area contributed by atoms with Crippen molar-refractivity contribution in [1.82, 2.24) is 0 Å². The van der Waals surface area contributed by atoms with Gasteiger partial charge in [0, 0.05) is 24.8 Å². The largest absolute Gasteiger partial charge is 0.378 e. The van der Waals surface area contributed by atoms with Crippen LogP contribution < -0.4 is 0 Å². The van der Waals surface area contributed by atoms with E-state index in [4.69, 9.17) is 9.73 Å². The molecule has 3 heteroatoms. The zero-order valence-electron chi connectivity index (χ0n) is 14.0. The third kappa shape index (κ3) is 5.94. The Kier molecular flexibility index (Phi) is 8.16. The lowest BCUT2D eigenvalue weighted by molar-refractivity contribution is 0.0244. The van der Waals surface area contributed by atoms with Crippen molar-refractivity contribution in [2.24, 2.45) is 16.8 Å². The molecule has 1 aliphatic heterocycles. The van der Waals surface area contributed by atoms with Crippen molar-refractivity contribution in [3.63, 3.8) is 0 Å². The number of nitrogens with zero attached hydrogens (tertiary/aromatic N) is 1. The topological polar surface area (TPSA) is 21.6 Å². The minimum atomic E-state index is 0.525. The van der Waals surface area contributed by atoms with Crippen molar-refractivity contribution >= 4 is 16.8 Å². The summed E-state index contributed by atoms with van der Waals surface area (Å²) in [5.41, 5.74) is 0. The average molecular weight is 312 g/mol. The van der Waals surface area contributed by atoms with Gasteiger partial charge in [0.2, 0.25) is 0 Å². The minimum absolute atomic E-state index is 0.525. The highest BCUT2D eigenvalue weighted by atomic mass is 32.2. The number of rotatable bonds is 8. The van der Waals surface area contributed by atoms with E-state index in [0.29, 0.717) is 6.10 Å². The molecule has 122 valence electrons. The van der Waals surface area contributed by atoms with E-state index >= 15 is 0 Å². The van der Waals surface area contributed by atoms with Crippen LogP contribution in [-0.2, 0) is 4.74 Å². The molecular weight excluding hydrogens is 278 g/mol. The maximum atomic E-state index is 5.89. The summed E-state index contributed by atoms with van der Waals surface area (Å²) in [6.07, 6.45) is 12.2. The molecule has 1 saturated carbocycles. The molecule has 1 atom stereocenters. The number of thioether (sulfide) groups is 1. The Balaban J connectivity index is 1.67. The first kappa shape index (κ1) is 17.3. The summed E-state index contributed by atoms with van der Waals surface area (Å²) in [6, 6.07) is 0. The SMILES string of the molecule is CCCCCC1CN=C(C2CCC(OCCC)CC2)SC1. The quantitative estimate of drug-likeness (QED) is 0.566. The second-order valence-electron chi connectivity index (χ2n) is 6.70. The van der Waals surface area contributed by atoms with Gasteiger partial charge in [0.1, 0.15) is 0 Å². The standard InChI is InChI=1S/C18H33NOS/c1-3-5-6-7-15-13-19-18(21-14-15)16-8-10-17(11-9-16)20-12-4-2/h15-17H,3-14H2,1-2H3. The minimum Gasteiger partial charge on any atom is -0.378 e. The highest BCUT2D eigenvalue weighted by Gasteiger charge is 2.27. The highest BCUT2D eigenvalue weighted by Crippen LogP contribution is 2.34. The third-order valence-corrected chi connectivity index (χ3v) is 6.17. The molecule has 21 heavy (non-hydrogen) atoms. The van der Waals surface area contributed by atoms with E-state index in [2.05, 4.69) is 25.6 Å². The normalized spacial score (nSPS) is 30.2. The van der Waals surface area contributed by atoms with E-state index in [9.17, 15) is 0 Å². The van der Waals surface area contributed by atoms with Gasteiger partial charge in [-0.05, 0) is 44.4 Å². The summed E-state index contributed by atoms with van der Waals surface area (Å²) in [4.78, 5) is 4.94. The molecule has 0 radical (unpaired) electrons. The molecule has 0 aromatic rings. The first-order valence-corrected chi connectivity index (χ1v) is 10.1. The van der Waals surface area contributed by atoms with Crippen molar-refractivity contribution in [1.29, 1.82) is 0 Å². The van der Waals surface area contributed by atoms with Crippen LogP contribution in [0.5, 0.6) is 0 Å². The van der Waals surface area contributed by atoms with Crippen LogP contribution in [0, 0.1) is 11.8 Å². The second kappa shape index (κ2) is 9.89. The molecule has 0 saturated heterocycles. The second-order valence-corrected chi connectivity index (χ2v) is 7.74. The van der Waals surface area contributed by atoms with Gasteiger partial charge in [0.25, 0.3) is 0 Å². The van der Waals surface area contributed by atoms with Gasteiger partial charge in [0.15, 0.2) is 0 Å². The molecule has 2 aliphatic rings. The Morgan fingerprint density at radius 1 is 1.10 bits per heavy atom. The molecule has 1 unspecified atom stereocenters. The molecule has 2 nitrogen and oxygen atoms in total. The van der Waals surface area contributed by atoms with Gasteiger partial charge < -0.3 is 4.74 Å². The highest BCUT2D eigenvalue weighted by molar-refractivity contribution is 8.14. The lowest BCUT2D eigenvalue weighted by Gasteiger charge is -2.31. The molecule has 1 heterocycles. The van der Waals surface area contributed by atoms with E-state index in [1.807, 2.05) is 0 Å². The Morgan fingerprint density at radius 2 is 1.90 bits per heavy atom. The molecule has 0 bridgehead atoms. The van der Waals surface area contributed by atoms with Crippen LogP contribution in [0.4, 0.5) is 0 Å². The van der Waals surface area contributed by atoms with Gasteiger partial charge >= 0.3 is 0 Å². The van der Waals surface area contributed by atoms with Crippen LogP contribution >= 0.6 is 11.8 Å². The first-order chi connectivity index (χ1) is 10.3. The van der Waals surface area contributed by atoms with Gasteiger partial charge in [-0.25, -0.2) is 0 Å². The van der Waals surface area contributed by atoms with Crippen LogP contribution in [0.3, 0.4) is 0 Å². The Hall–Kier alpha value is -0.0200. The lowest BCUT2D eigenvalue weighted by atomic mass is 9.88. The molecule has 0 aromatic heterocycles. The zero-order valence-corrected chi connectivity index (χ0v) is 14.8. The van der Waals surface area contributed by atoms with E-state index in [1.165, 1.54) is 62.2 Å². The number of hydrogen-bond acceptors (Lipinski definition) is 3. The molecular formula is C18H33NOS. The predicted molar refractivity (Wildman–Crippen MR) is 94.4 cm³/mol. The van der Waals surface area contributed by atoms with Crippen LogP contribution in [0.2, 0.25) is 0 Å². The number of unbranched alkanes of at least 4 members (excludes halogenated alkanes) is 2. The monoisotopic (exact) mass is 311 g/mol. The van der Waals surface area contributed by atoms with Gasteiger partial charge in [-0.2, -0.15) is 0 Å². The third-order valence-electron chi connectivity index (χ3n) is 4.77. The van der Waals surface area contributed by atoms with Crippen molar-refractivity contribution < 1.29 is 4.74 Å². The van der Waals surface area contributed by atoms with E-state index in [1.54, 1.807) is 0 Å². The molecule has 1 aliphatic carbocycles. The van der Waals surface area contributed by atoms with Crippen molar-refractivity contribution in [2.45, 2.75) is 77.7 Å². The number of hydrogen-bond donors (Lipinski definition) is 0. The molecule has 0 aromatic carbocycles. The molecule has 0 amide bonds. The molecule has 0 N–H and O–H groups in total. The van der Waals surface area contributed by atoms with Gasteiger partial charge in [-0.1, -0.05) is 33.1 Å². The number of aliphatic imine (C=N–C) groups is 1. The van der Waals surface area contributed by atoms with Crippen molar-refractivity contribution in [3.05, 3.63) is 0 Å². The van der Waals surface area contributed by atoms with E-state index in [-0.39, 0.29) is 0 Å². The lowest BCUT2D eigenvalue weighted by Crippen LogP contribution is -2.28. The number of ether oxygens (including phenoxy) is 1. The van der Waals surface area contributed by atoms with Crippen LogP contribution in [0.25, 0.3) is 0 Å². The Morgan fingerprint density at radius 3 is 2.52 bits per heavy atom. The summed E-state index contributed by atoms with van der Waals surface area (Å²) in [5.74, 6) is 2.90. The molecule has 2 rings (SSSR count). The van der Waals surface area contributed by atoms with E-state index in [0.717, 1.165) is 31.4 Å². The van der Waals surface area contributed by atoms with Crippen LogP contribution in [-0.4, -0.2) is 30.1 Å².